The van der Waals surface area contributed by atoms with Crippen LogP contribution in [0, 0.1) is 17.2 Å². The van der Waals surface area contributed by atoms with Crippen LogP contribution in [0.15, 0.2) is 11.8 Å². The van der Waals surface area contributed by atoms with Crippen LogP contribution in [-0.4, -0.2) is 42.8 Å². The Morgan fingerprint density at radius 3 is 2.57 bits per heavy atom. The van der Waals surface area contributed by atoms with E-state index in [0.29, 0.717) is 19.8 Å². The Morgan fingerprint density at radius 1 is 1.43 bits per heavy atom. The molecule has 0 spiro atoms. The molecule has 0 fully saturated rings. The second kappa shape index (κ2) is 10.7. The SMILES string of the molecule is CCOCCCN/C=C(/C#N)C(=O)NC(C(=O)O)C(C)C. The summed E-state index contributed by atoms with van der Waals surface area (Å²) in [5.74, 6) is -2.10. The van der Waals surface area contributed by atoms with Crippen LogP contribution in [0.1, 0.15) is 27.2 Å². The second-order valence-corrected chi connectivity index (χ2v) is 4.71. The summed E-state index contributed by atoms with van der Waals surface area (Å²) in [7, 11) is 0. The summed E-state index contributed by atoms with van der Waals surface area (Å²) in [5, 5.41) is 23.1. The minimum atomic E-state index is -1.12. The molecule has 0 aromatic heterocycles. The van der Waals surface area contributed by atoms with Crippen molar-refractivity contribution in [3.8, 4) is 6.07 Å². The van der Waals surface area contributed by atoms with Gasteiger partial charge < -0.3 is 20.5 Å². The Hall–Kier alpha value is -2.07. The number of amides is 1. The Balaban J connectivity index is 4.41. The average Bonchev–Trinajstić information content (AvgIpc) is 2.43. The predicted octanol–water partition coefficient (Wildman–Crippen LogP) is 0.635. The molecule has 0 heterocycles. The van der Waals surface area contributed by atoms with Crippen molar-refractivity contribution >= 4 is 11.9 Å². The first-order valence-corrected chi connectivity index (χ1v) is 6.89. The number of carbonyl (C=O) groups is 2. The molecular weight excluding hydrogens is 274 g/mol. The fraction of sp³-hybridized carbons (Fsp3) is 0.643. The molecule has 21 heavy (non-hydrogen) atoms. The third kappa shape index (κ3) is 7.95. The van der Waals surface area contributed by atoms with Crippen molar-refractivity contribution in [2.45, 2.75) is 33.2 Å². The third-order valence-electron chi connectivity index (χ3n) is 2.64. The van der Waals surface area contributed by atoms with E-state index in [-0.39, 0.29) is 11.5 Å². The maximum absolute atomic E-state index is 11.8. The molecule has 1 atom stereocenters. The first-order valence-electron chi connectivity index (χ1n) is 6.89. The summed E-state index contributed by atoms with van der Waals surface area (Å²) < 4.78 is 5.15. The van der Waals surface area contributed by atoms with Gasteiger partial charge in [-0.1, -0.05) is 13.8 Å². The van der Waals surface area contributed by atoms with Gasteiger partial charge in [0.1, 0.15) is 17.7 Å². The second-order valence-electron chi connectivity index (χ2n) is 4.71. The number of rotatable bonds is 10. The summed E-state index contributed by atoms with van der Waals surface area (Å²) in [6.45, 7) is 7.07. The Kier molecular flexibility index (Phi) is 9.63. The molecule has 0 saturated carbocycles. The number of aliphatic carboxylic acids is 1. The van der Waals surface area contributed by atoms with Gasteiger partial charge in [-0.25, -0.2) is 4.79 Å². The number of nitrogens with zero attached hydrogens (tertiary/aromatic N) is 1. The molecule has 0 aromatic rings. The van der Waals surface area contributed by atoms with Gasteiger partial charge in [0.25, 0.3) is 5.91 Å². The van der Waals surface area contributed by atoms with E-state index in [1.807, 2.05) is 6.92 Å². The fourth-order valence-electron chi connectivity index (χ4n) is 1.48. The molecule has 0 aliphatic heterocycles. The van der Waals surface area contributed by atoms with Gasteiger partial charge >= 0.3 is 5.97 Å². The number of carboxylic acids is 1. The molecule has 0 aliphatic carbocycles. The van der Waals surface area contributed by atoms with Crippen LogP contribution in [0.2, 0.25) is 0 Å². The van der Waals surface area contributed by atoms with Crippen molar-refractivity contribution < 1.29 is 19.4 Å². The Morgan fingerprint density at radius 2 is 2.10 bits per heavy atom. The number of nitrogens with one attached hydrogen (secondary N) is 2. The van der Waals surface area contributed by atoms with Gasteiger partial charge in [-0.3, -0.25) is 4.79 Å². The molecule has 7 heteroatoms. The highest BCUT2D eigenvalue weighted by Gasteiger charge is 2.24. The normalized spacial score (nSPS) is 12.6. The number of hydrogen-bond acceptors (Lipinski definition) is 5. The average molecular weight is 297 g/mol. The van der Waals surface area contributed by atoms with Crippen LogP contribution >= 0.6 is 0 Å². The molecule has 0 bridgehead atoms. The monoisotopic (exact) mass is 297 g/mol. The van der Waals surface area contributed by atoms with E-state index in [9.17, 15) is 9.59 Å². The summed E-state index contributed by atoms with van der Waals surface area (Å²) in [5.41, 5.74) is -0.154. The zero-order chi connectivity index (χ0) is 16.3. The van der Waals surface area contributed by atoms with E-state index < -0.39 is 17.9 Å². The van der Waals surface area contributed by atoms with Gasteiger partial charge in [-0.15, -0.1) is 0 Å². The van der Waals surface area contributed by atoms with E-state index in [4.69, 9.17) is 15.1 Å². The van der Waals surface area contributed by atoms with E-state index in [1.165, 1.54) is 6.20 Å². The number of ether oxygens (including phenoxy) is 1. The maximum Gasteiger partial charge on any atom is 0.326 e. The summed E-state index contributed by atoms with van der Waals surface area (Å²) in [6.07, 6.45) is 2.04. The van der Waals surface area contributed by atoms with E-state index >= 15 is 0 Å². The van der Waals surface area contributed by atoms with Crippen molar-refractivity contribution in [2.24, 2.45) is 5.92 Å². The van der Waals surface area contributed by atoms with Crippen molar-refractivity contribution in [3.63, 3.8) is 0 Å². The number of nitriles is 1. The summed E-state index contributed by atoms with van der Waals surface area (Å²) in [4.78, 5) is 22.8. The summed E-state index contributed by atoms with van der Waals surface area (Å²) >= 11 is 0. The van der Waals surface area contributed by atoms with Crippen molar-refractivity contribution in [3.05, 3.63) is 11.8 Å². The minimum absolute atomic E-state index is 0.154. The highest BCUT2D eigenvalue weighted by atomic mass is 16.5. The lowest BCUT2D eigenvalue weighted by atomic mass is 10.0. The fourth-order valence-corrected chi connectivity index (χ4v) is 1.48. The molecular formula is C14H23N3O4. The first-order chi connectivity index (χ1) is 9.93. The molecule has 118 valence electrons. The largest absolute Gasteiger partial charge is 0.480 e. The first kappa shape index (κ1) is 18.9. The molecule has 7 nitrogen and oxygen atoms in total. The minimum Gasteiger partial charge on any atom is -0.480 e. The quantitative estimate of drug-likeness (QED) is 0.310. The van der Waals surface area contributed by atoms with Crippen LogP contribution in [0.3, 0.4) is 0 Å². The lowest BCUT2D eigenvalue weighted by Crippen LogP contribution is -2.44. The number of carbonyl (C=O) groups excluding carboxylic acids is 1. The van der Waals surface area contributed by atoms with Crippen molar-refractivity contribution in [1.82, 2.24) is 10.6 Å². The van der Waals surface area contributed by atoms with Crippen LogP contribution in [0.5, 0.6) is 0 Å². The highest BCUT2D eigenvalue weighted by molar-refractivity contribution is 5.99. The standard InChI is InChI=1S/C14H23N3O4/c1-4-21-7-5-6-16-9-11(8-15)13(18)17-12(10(2)3)14(19)20/h9-10,12,16H,4-7H2,1-3H3,(H,17,18)(H,19,20)/b11-9-. The Labute approximate surface area is 125 Å². The number of hydrogen-bond donors (Lipinski definition) is 3. The molecule has 1 amide bonds. The van der Waals surface area contributed by atoms with Crippen LogP contribution < -0.4 is 10.6 Å². The van der Waals surface area contributed by atoms with Gasteiger partial charge in [0, 0.05) is 26.0 Å². The predicted molar refractivity (Wildman–Crippen MR) is 77.2 cm³/mol. The lowest BCUT2D eigenvalue weighted by Gasteiger charge is -2.17. The highest BCUT2D eigenvalue weighted by Crippen LogP contribution is 2.03. The molecule has 0 aliphatic rings. The zero-order valence-corrected chi connectivity index (χ0v) is 12.7. The smallest absolute Gasteiger partial charge is 0.326 e. The van der Waals surface area contributed by atoms with Gasteiger partial charge in [0.2, 0.25) is 0 Å². The summed E-state index contributed by atoms with van der Waals surface area (Å²) in [6, 6.07) is 0.728. The van der Waals surface area contributed by atoms with Crippen molar-refractivity contribution in [2.75, 3.05) is 19.8 Å². The van der Waals surface area contributed by atoms with E-state index in [1.54, 1.807) is 19.9 Å². The topological polar surface area (TPSA) is 111 Å². The van der Waals surface area contributed by atoms with Crippen LogP contribution in [0.4, 0.5) is 0 Å². The van der Waals surface area contributed by atoms with E-state index in [0.717, 1.165) is 6.42 Å². The van der Waals surface area contributed by atoms with Gasteiger partial charge in [-0.05, 0) is 19.3 Å². The molecule has 0 aromatic carbocycles. The van der Waals surface area contributed by atoms with Crippen molar-refractivity contribution in [1.29, 1.82) is 5.26 Å². The zero-order valence-electron chi connectivity index (χ0n) is 12.7. The molecule has 0 rings (SSSR count). The maximum atomic E-state index is 11.8. The lowest BCUT2D eigenvalue weighted by molar-refractivity contribution is -0.142. The van der Waals surface area contributed by atoms with Gasteiger partial charge in [0.05, 0.1) is 0 Å². The van der Waals surface area contributed by atoms with Gasteiger partial charge in [0.15, 0.2) is 0 Å². The van der Waals surface area contributed by atoms with Crippen LogP contribution in [-0.2, 0) is 14.3 Å². The van der Waals surface area contributed by atoms with Gasteiger partial charge in [-0.2, -0.15) is 5.26 Å². The molecule has 0 radical (unpaired) electrons. The number of carboxylic acid groups (broad SMARTS) is 1. The molecule has 1 unspecified atom stereocenters. The van der Waals surface area contributed by atoms with Crippen LogP contribution in [0.25, 0.3) is 0 Å². The molecule has 3 N–H and O–H groups in total. The Bertz CT molecular complexity index is 413. The van der Waals surface area contributed by atoms with E-state index in [2.05, 4.69) is 10.6 Å². The third-order valence-corrected chi connectivity index (χ3v) is 2.64. The molecule has 0 saturated heterocycles.